The summed E-state index contributed by atoms with van der Waals surface area (Å²) in [6, 6.07) is 10.7. The summed E-state index contributed by atoms with van der Waals surface area (Å²) in [5, 5.41) is 4.33. The van der Waals surface area contributed by atoms with Crippen molar-refractivity contribution >= 4 is 0 Å². The summed E-state index contributed by atoms with van der Waals surface area (Å²) in [6.45, 7) is 4.77. The molecule has 0 saturated carbocycles. The molecule has 0 fully saturated rings. The fourth-order valence-corrected chi connectivity index (χ4v) is 1.80. The van der Waals surface area contributed by atoms with Crippen LogP contribution in [0.3, 0.4) is 0 Å². The molecular weight excluding hydrogens is 198 g/mol. The first-order valence-corrected chi connectivity index (χ1v) is 5.53. The normalized spacial score (nSPS) is 12.7. The lowest BCUT2D eigenvalue weighted by molar-refractivity contribution is 0.506. The van der Waals surface area contributed by atoms with Crippen LogP contribution in [-0.2, 0) is 0 Å². The molecule has 16 heavy (non-hydrogen) atoms. The van der Waals surface area contributed by atoms with Crippen molar-refractivity contribution in [2.45, 2.75) is 19.9 Å². The Labute approximate surface area is 95.9 Å². The van der Waals surface area contributed by atoms with Gasteiger partial charge in [-0.25, -0.2) is 0 Å². The first-order valence-electron chi connectivity index (χ1n) is 5.53. The molecule has 0 aliphatic heterocycles. The van der Waals surface area contributed by atoms with Crippen LogP contribution in [0.25, 0.3) is 11.3 Å². The van der Waals surface area contributed by atoms with Crippen LogP contribution in [-0.4, -0.2) is 16.3 Å². The van der Waals surface area contributed by atoms with Crippen molar-refractivity contribution in [3.05, 3.63) is 42.1 Å². The van der Waals surface area contributed by atoms with Crippen LogP contribution < -0.4 is 5.73 Å². The molecule has 3 nitrogen and oxygen atoms in total. The molecule has 1 heterocycles. The summed E-state index contributed by atoms with van der Waals surface area (Å²) in [7, 11) is 0. The number of hydrogen-bond acceptors (Lipinski definition) is 2. The molecule has 0 spiro atoms. The average molecular weight is 215 g/mol. The highest BCUT2D eigenvalue weighted by Crippen LogP contribution is 2.22. The summed E-state index contributed by atoms with van der Waals surface area (Å²) in [4.78, 5) is 0. The van der Waals surface area contributed by atoms with E-state index in [1.807, 2.05) is 16.9 Å². The summed E-state index contributed by atoms with van der Waals surface area (Å²) < 4.78 is 1.98. The Morgan fingerprint density at radius 1 is 1.38 bits per heavy atom. The third-order valence-electron chi connectivity index (χ3n) is 2.74. The number of rotatable bonds is 3. The number of benzene rings is 1. The maximum atomic E-state index is 5.68. The van der Waals surface area contributed by atoms with Gasteiger partial charge in [-0.2, -0.15) is 5.10 Å². The number of hydrogen-bond donors (Lipinski definition) is 1. The van der Waals surface area contributed by atoms with E-state index in [9.17, 15) is 0 Å². The van der Waals surface area contributed by atoms with E-state index in [0.717, 1.165) is 5.69 Å². The number of aromatic nitrogens is 2. The third-order valence-corrected chi connectivity index (χ3v) is 2.74. The van der Waals surface area contributed by atoms with Crippen LogP contribution in [0.5, 0.6) is 0 Å². The SMILES string of the molecule is Cc1cccc(-c2ccnn2C(C)CN)c1. The van der Waals surface area contributed by atoms with Gasteiger partial charge >= 0.3 is 0 Å². The lowest BCUT2D eigenvalue weighted by atomic mass is 10.1. The maximum absolute atomic E-state index is 5.68. The highest BCUT2D eigenvalue weighted by atomic mass is 15.3. The Kier molecular flexibility index (Phi) is 3.06. The summed E-state index contributed by atoms with van der Waals surface area (Å²) in [6.07, 6.45) is 1.82. The van der Waals surface area contributed by atoms with Gasteiger partial charge in [0.1, 0.15) is 0 Å². The monoisotopic (exact) mass is 215 g/mol. The fourth-order valence-electron chi connectivity index (χ4n) is 1.80. The molecule has 0 saturated heterocycles. The zero-order valence-electron chi connectivity index (χ0n) is 9.72. The van der Waals surface area contributed by atoms with Gasteiger partial charge in [-0.05, 0) is 26.0 Å². The first kappa shape index (κ1) is 10.9. The summed E-state index contributed by atoms with van der Waals surface area (Å²) in [5.41, 5.74) is 9.25. The van der Waals surface area contributed by atoms with Gasteiger partial charge in [0.15, 0.2) is 0 Å². The van der Waals surface area contributed by atoms with Crippen LogP contribution in [0.4, 0.5) is 0 Å². The highest BCUT2D eigenvalue weighted by molar-refractivity contribution is 5.60. The van der Waals surface area contributed by atoms with Crippen molar-refractivity contribution in [2.24, 2.45) is 5.73 Å². The second kappa shape index (κ2) is 4.49. The molecule has 1 aromatic heterocycles. The van der Waals surface area contributed by atoms with Gasteiger partial charge in [-0.1, -0.05) is 23.8 Å². The molecule has 84 valence electrons. The van der Waals surface area contributed by atoms with Crippen molar-refractivity contribution in [3.63, 3.8) is 0 Å². The van der Waals surface area contributed by atoms with E-state index in [-0.39, 0.29) is 6.04 Å². The molecule has 3 heteroatoms. The molecule has 1 atom stereocenters. The van der Waals surface area contributed by atoms with Crippen LogP contribution in [0.2, 0.25) is 0 Å². The minimum atomic E-state index is 0.227. The standard InChI is InChI=1S/C13H17N3/c1-10-4-3-5-12(8-10)13-6-7-15-16(13)11(2)9-14/h3-8,11H,9,14H2,1-2H3. The minimum Gasteiger partial charge on any atom is -0.328 e. The fraction of sp³-hybridized carbons (Fsp3) is 0.308. The largest absolute Gasteiger partial charge is 0.328 e. The Bertz CT molecular complexity index is 474. The smallest absolute Gasteiger partial charge is 0.0686 e. The lowest BCUT2D eigenvalue weighted by Gasteiger charge is -2.13. The Morgan fingerprint density at radius 3 is 2.88 bits per heavy atom. The molecule has 0 bridgehead atoms. The molecule has 1 unspecified atom stereocenters. The lowest BCUT2D eigenvalue weighted by Crippen LogP contribution is -2.17. The van der Waals surface area contributed by atoms with Gasteiger partial charge in [-0.3, -0.25) is 4.68 Å². The van der Waals surface area contributed by atoms with Crippen molar-refractivity contribution in [1.29, 1.82) is 0 Å². The molecule has 2 N–H and O–H groups in total. The molecular formula is C13H17N3. The van der Waals surface area contributed by atoms with Crippen molar-refractivity contribution < 1.29 is 0 Å². The number of nitrogens with two attached hydrogens (primary N) is 1. The van der Waals surface area contributed by atoms with E-state index < -0.39 is 0 Å². The zero-order chi connectivity index (χ0) is 11.5. The molecule has 2 rings (SSSR count). The van der Waals surface area contributed by atoms with Crippen LogP contribution in [0.15, 0.2) is 36.5 Å². The predicted molar refractivity (Wildman–Crippen MR) is 66.2 cm³/mol. The van der Waals surface area contributed by atoms with Crippen LogP contribution >= 0.6 is 0 Å². The molecule has 0 aliphatic carbocycles. The Hall–Kier alpha value is -1.61. The van der Waals surface area contributed by atoms with Crippen LogP contribution in [0, 0.1) is 6.92 Å². The van der Waals surface area contributed by atoms with E-state index in [2.05, 4.69) is 43.2 Å². The number of nitrogens with zero attached hydrogens (tertiary/aromatic N) is 2. The van der Waals surface area contributed by atoms with Gasteiger partial charge in [0.25, 0.3) is 0 Å². The average Bonchev–Trinajstić information content (AvgIpc) is 2.77. The molecule has 1 aromatic carbocycles. The minimum absolute atomic E-state index is 0.227. The van der Waals surface area contributed by atoms with E-state index in [0.29, 0.717) is 6.54 Å². The first-order chi connectivity index (χ1) is 7.72. The van der Waals surface area contributed by atoms with E-state index in [1.165, 1.54) is 11.1 Å². The van der Waals surface area contributed by atoms with Gasteiger partial charge < -0.3 is 5.73 Å². The molecule has 0 amide bonds. The predicted octanol–water partition coefficient (Wildman–Crippen LogP) is 2.38. The van der Waals surface area contributed by atoms with Crippen molar-refractivity contribution in [2.75, 3.05) is 6.54 Å². The highest BCUT2D eigenvalue weighted by Gasteiger charge is 2.09. The topological polar surface area (TPSA) is 43.8 Å². The van der Waals surface area contributed by atoms with Gasteiger partial charge in [0.05, 0.1) is 11.7 Å². The van der Waals surface area contributed by atoms with Gasteiger partial charge in [0, 0.05) is 18.3 Å². The zero-order valence-corrected chi connectivity index (χ0v) is 9.72. The van der Waals surface area contributed by atoms with E-state index >= 15 is 0 Å². The van der Waals surface area contributed by atoms with Gasteiger partial charge in [0.2, 0.25) is 0 Å². The van der Waals surface area contributed by atoms with E-state index in [1.54, 1.807) is 0 Å². The summed E-state index contributed by atoms with van der Waals surface area (Å²) in [5.74, 6) is 0. The van der Waals surface area contributed by atoms with Crippen molar-refractivity contribution in [1.82, 2.24) is 9.78 Å². The van der Waals surface area contributed by atoms with Crippen molar-refractivity contribution in [3.8, 4) is 11.3 Å². The second-order valence-electron chi connectivity index (χ2n) is 4.12. The van der Waals surface area contributed by atoms with E-state index in [4.69, 9.17) is 5.73 Å². The second-order valence-corrected chi connectivity index (χ2v) is 4.12. The Morgan fingerprint density at radius 2 is 2.19 bits per heavy atom. The Balaban J connectivity index is 2.44. The quantitative estimate of drug-likeness (QED) is 0.854. The third kappa shape index (κ3) is 1.99. The molecule has 0 radical (unpaired) electrons. The molecule has 0 aliphatic rings. The van der Waals surface area contributed by atoms with Gasteiger partial charge in [-0.15, -0.1) is 0 Å². The maximum Gasteiger partial charge on any atom is 0.0686 e. The summed E-state index contributed by atoms with van der Waals surface area (Å²) >= 11 is 0. The number of aryl methyl sites for hydroxylation is 1. The van der Waals surface area contributed by atoms with Crippen LogP contribution in [0.1, 0.15) is 18.5 Å². The molecule has 2 aromatic rings.